The molecule has 148 valence electrons. The minimum absolute atomic E-state index is 0.136. The number of hydrogen-bond donors (Lipinski definition) is 1. The maximum absolute atomic E-state index is 12.2. The Balaban J connectivity index is 1.49. The van der Waals surface area contributed by atoms with Crippen LogP contribution in [0.1, 0.15) is 22.1 Å². The molecule has 1 saturated heterocycles. The third-order valence-electron chi connectivity index (χ3n) is 4.28. The zero-order chi connectivity index (χ0) is 20.6. The SMILES string of the molecule is N#Cc1ccc(C2SCC(=O)N2CC(=O)NCC(=O)OCc2ccccc2)cc1. The van der Waals surface area contributed by atoms with Gasteiger partial charge in [-0.15, -0.1) is 11.8 Å². The van der Waals surface area contributed by atoms with Crippen LogP contribution in [0.3, 0.4) is 0 Å². The lowest BCUT2D eigenvalue weighted by Gasteiger charge is -2.23. The zero-order valence-electron chi connectivity index (χ0n) is 15.5. The first kappa shape index (κ1) is 20.4. The Bertz CT molecular complexity index is 925. The third kappa shape index (κ3) is 5.59. The van der Waals surface area contributed by atoms with Gasteiger partial charge in [-0.25, -0.2) is 0 Å². The molecule has 2 aromatic rings. The molecule has 3 rings (SSSR count). The summed E-state index contributed by atoms with van der Waals surface area (Å²) in [6.07, 6.45) is 0. The average Bonchev–Trinajstić information content (AvgIpc) is 3.11. The van der Waals surface area contributed by atoms with E-state index in [4.69, 9.17) is 10.00 Å². The summed E-state index contributed by atoms with van der Waals surface area (Å²) in [6.45, 7) is -0.275. The number of amides is 2. The van der Waals surface area contributed by atoms with Crippen LogP contribution in [0, 0.1) is 11.3 Å². The van der Waals surface area contributed by atoms with Crippen molar-refractivity contribution in [2.24, 2.45) is 0 Å². The number of nitrogens with one attached hydrogen (secondary N) is 1. The first-order valence-electron chi connectivity index (χ1n) is 8.94. The molecule has 1 unspecified atom stereocenters. The molecular formula is C21H19N3O4S. The molecule has 1 aliphatic heterocycles. The highest BCUT2D eigenvalue weighted by atomic mass is 32.2. The van der Waals surface area contributed by atoms with E-state index in [0.29, 0.717) is 5.56 Å². The summed E-state index contributed by atoms with van der Waals surface area (Å²) in [5, 5.41) is 11.1. The third-order valence-corrected chi connectivity index (χ3v) is 5.54. The molecule has 0 radical (unpaired) electrons. The topological polar surface area (TPSA) is 99.5 Å². The van der Waals surface area contributed by atoms with Crippen molar-refractivity contribution < 1.29 is 19.1 Å². The van der Waals surface area contributed by atoms with Crippen LogP contribution in [0.15, 0.2) is 54.6 Å². The van der Waals surface area contributed by atoms with Crippen molar-refractivity contribution in [1.29, 1.82) is 5.26 Å². The quantitative estimate of drug-likeness (QED) is 0.702. The molecule has 1 atom stereocenters. The highest BCUT2D eigenvalue weighted by Crippen LogP contribution is 2.38. The van der Waals surface area contributed by atoms with Gasteiger partial charge in [0.25, 0.3) is 0 Å². The fourth-order valence-corrected chi connectivity index (χ4v) is 3.98. The monoisotopic (exact) mass is 409 g/mol. The van der Waals surface area contributed by atoms with Crippen LogP contribution in [0.5, 0.6) is 0 Å². The molecule has 2 amide bonds. The Labute approximate surface area is 172 Å². The number of esters is 1. The second-order valence-corrected chi connectivity index (χ2v) is 7.41. The van der Waals surface area contributed by atoms with Gasteiger partial charge in [-0.05, 0) is 23.3 Å². The van der Waals surface area contributed by atoms with E-state index in [0.717, 1.165) is 11.1 Å². The van der Waals surface area contributed by atoms with Crippen LogP contribution in [-0.4, -0.2) is 41.5 Å². The highest BCUT2D eigenvalue weighted by molar-refractivity contribution is 8.00. The summed E-state index contributed by atoms with van der Waals surface area (Å²) in [7, 11) is 0. The Morgan fingerprint density at radius 1 is 1.17 bits per heavy atom. The summed E-state index contributed by atoms with van der Waals surface area (Å²) in [4.78, 5) is 37.7. The number of hydrogen-bond acceptors (Lipinski definition) is 6. The predicted molar refractivity (Wildman–Crippen MR) is 107 cm³/mol. The summed E-state index contributed by atoms with van der Waals surface area (Å²) < 4.78 is 5.12. The molecule has 2 aromatic carbocycles. The molecule has 1 N–H and O–H groups in total. The van der Waals surface area contributed by atoms with Gasteiger partial charge in [0.1, 0.15) is 25.1 Å². The number of ether oxygens (including phenoxy) is 1. The molecule has 0 spiro atoms. The molecule has 1 heterocycles. The van der Waals surface area contributed by atoms with Gasteiger partial charge in [-0.3, -0.25) is 14.4 Å². The molecule has 1 fully saturated rings. The van der Waals surface area contributed by atoms with E-state index in [1.165, 1.54) is 16.7 Å². The summed E-state index contributed by atoms with van der Waals surface area (Å²) in [5.74, 6) is -0.854. The molecule has 0 aromatic heterocycles. The minimum atomic E-state index is -0.548. The zero-order valence-corrected chi connectivity index (χ0v) is 16.4. The number of benzene rings is 2. The van der Waals surface area contributed by atoms with E-state index in [9.17, 15) is 14.4 Å². The highest BCUT2D eigenvalue weighted by Gasteiger charge is 2.34. The normalized spacial score (nSPS) is 15.6. The number of thioether (sulfide) groups is 1. The van der Waals surface area contributed by atoms with Crippen molar-refractivity contribution in [2.75, 3.05) is 18.8 Å². The van der Waals surface area contributed by atoms with Crippen LogP contribution < -0.4 is 5.32 Å². The second kappa shape index (κ2) is 9.75. The van der Waals surface area contributed by atoms with Gasteiger partial charge >= 0.3 is 5.97 Å². The number of nitriles is 1. The summed E-state index contributed by atoms with van der Waals surface area (Å²) in [5.41, 5.74) is 2.23. The predicted octanol–water partition coefficient (Wildman–Crippen LogP) is 1.99. The van der Waals surface area contributed by atoms with Crippen molar-refractivity contribution in [3.05, 3.63) is 71.3 Å². The van der Waals surface area contributed by atoms with Crippen molar-refractivity contribution >= 4 is 29.5 Å². The van der Waals surface area contributed by atoms with Gasteiger partial charge in [0.2, 0.25) is 11.8 Å². The van der Waals surface area contributed by atoms with Crippen LogP contribution in [0.4, 0.5) is 0 Å². The van der Waals surface area contributed by atoms with Gasteiger partial charge < -0.3 is 15.0 Å². The van der Waals surface area contributed by atoms with E-state index in [1.807, 2.05) is 36.4 Å². The first-order chi connectivity index (χ1) is 14.1. The van der Waals surface area contributed by atoms with Crippen LogP contribution in [-0.2, 0) is 25.7 Å². The Morgan fingerprint density at radius 2 is 1.90 bits per heavy atom. The van der Waals surface area contributed by atoms with Crippen molar-refractivity contribution in [3.8, 4) is 6.07 Å². The lowest BCUT2D eigenvalue weighted by Crippen LogP contribution is -2.41. The molecule has 0 bridgehead atoms. The van der Waals surface area contributed by atoms with Crippen molar-refractivity contribution in [2.45, 2.75) is 12.0 Å². The summed E-state index contributed by atoms with van der Waals surface area (Å²) >= 11 is 1.42. The lowest BCUT2D eigenvalue weighted by atomic mass is 10.1. The maximum atomic E-state index is 12.2. The second-order valence-electron chi connectivity index (χ2n) is 6.34. The number of carbonyl (C=O) groups is 3. The average molecular weight is 409 g/mol. The fourth-order valence-electron chi connectivity index (χ4n) is 2.79. The molecule has 7 nitrogen and oxygen atoms in total. The summed E-state index contributed by atoms with van der Waals surface area (Å²) in [6, 6.07) is 18.2. The molecule has 1 aliphatic rings. The van der Waals surface area contributed by atoms with E-state index in [1.54, 1.807) is 24.3 Å². The van der Waals surface area contributed by atoms with E-state index in [2.05, 4.69) is 5.32 Å². The standard InChI is InChI=1S/C21H19N3O4S/c22-10-15-6-8-17(9-7-15)21-24(19(26)14-29-21)12-18(25)23-11-20(27)28-13-16-4-2-1-3-5-16/h1-9,21H,11-14H2,(H,23,25). The number of carbonyl (C=O) groups excluding carboxylic acids is 3. The fraction of sp³-hybridized carbons (Fsp3) is 0.238. The molecule has 8 heteroatoms. The Morgan fingerprint density at radius 3 is 2.59 bits per heavy atom. The largest absolute Gasteiger partial charge is 0.460 e. The van der Waals surface area contributed by atoms with Gasteiger partial charge in [-0.2, -0.15) is 5.26 Å². The molecule has 0 saturated carbocycles. The molecule has 29 heavy (non-hydrogen) atoms. The van der Waals surface area contributed by atoms with Gasteiger partial charge in [0, 0.05) is 0 Å². The van der Waals surface area contributed by atoms with Crippen molar-refractivity contribution in [1.82, 2.24) is 10.2 Å². The lowest BCUT2D eigenvalue weighted by molar-refractivity contribution is -0.145. The van der Waals surface area contributed by atoms with Gasteiger partial charge in [0.05, 0.1) is 17.4 Å². The van der Waals surface area contributed by atoms with Gasteiger partial charge in [0.15, 0.2) is 0 Å². The minimum Gasteiger partial charge on any atom is -0.460 e. The number of rotatable bonds is 7. The van der Waals surface area contributed by atoms with E-state index in [-0.39, 0.29) is 36.7 Å². The first-order valence-corrected chi connectivity index (χ1v) is 9.99. The van der Waals surface area contributed by atoms with E-state index < -0.39 is 11.9 Å². The molecule has 0 aliphatic carbocycles. The van der Waals surface area contributed by atoms with Crippen LogP contribution in [0.2, 0.25) is 0 Å². The Hall–Kier alpha value is -3.31. The van der Waals surface area contributed by atoms with Crippen LogP contribution in [0.25, 0.3) is 0 Å². The van der Waals surface area contributed by atoms with Gasteiger partial charge in [-0.1, -0.05) is 42.5 Å². The van der Waals surface area contributed by atoms with E-state index >= 15 is 0 Å². The van der Waals surface area contributed by atoms with Crippen LogP contribution >= 0.6 is 11.8 Å². The van der Waals surface area contributed by atoms with Crippen molar-refractivity contribution in [3.63, 3.8) is 0 Å². The Kier molecular flexibility index (Phi) is 6.87. The smallest absolute Gasteiger partial charge is 0.325 e. The number of nitrogens with zero attached hydrogens (tertiary/aromatic N) is 2. The maximum Gasteiger partial charge on any atom is 0.325 e. The molecular weight excluding hydrogens is 390 g/mol.